The fourth-order valence-corrected chi connectivity index (χ4v) is 5.28. The van der Waals surface area contributed by atoms with E-state index in [0.717, 1.165) is 32.1 Å². The molecule has 0 unspecified atom stereocenters. The van der Waals surface area contributed by atoms with Crippen molar-refractivity contribution < 1.29 is 22.7 Å². The standard InChI is InChI=1S/C23H29N3O5S/c1-16(27)24-21-15-18(11-14-22(21)31-3)25-23(28)17-9-12-20(13-10-17)32(29,30)26(2)19-7-5-4-6-8-19/h9-15,19H,4-8H2,1-3H3,(H,24,27)(H,25,28). The Labute approximate surface area is 189 Å². The van der Waals surface area contributed by atoms with E-state index in [4.69, 9.17) is 4.74 Å². The highest BCUT2D eigenvalue weighted by atomic mass is 32.2. The minimum atomic E-state index is -3.62. The second-order valence-corrected chi connectivity index (χ2v) is 9.89. The van der Waals surface area contributed by atoms with E-state index in [0.29, 0.717) is 22.7 Å². The number of carbonyl (C=O) groups is 2. The summed E-state index contributed by atoms with van der Waals surface area (Å²) in [6.07, 6.45) is 4.98. The quantitative estimate of drug-likeness (QED) is 0.654. The molecule has 0 atom stereocenters. The van der Waals surface area contributed by atoms with Gasteiger partial charge >= 0.3 is 0 Å². The van der Waals surface area contributed by atoms with Gasteiger partial charge < -0.3 is 15.4 Å². The minimum absolute atomic E-state index is 0.0182. The van der Waals surface area contributed by atoms with E-state index in [9.17, 15) is 18.0 Å². The van der Waals surface area contributed by atoms with Gasteiger partial charge in [0.05, 0.1) is 17.7 Å². The highest BCUT2D eigenvalue weighted by Gasteiger charge is 2.29. The van der Waals surface area contributed by atoms with Gasteiger partial charge in [0.15, 0.2) is 0 Å². The summed E-state index contributed by atoms with van der Waals surface area (Å²) in [4.78, 5) is 24.2. The Hall–Kier alpha value is -2.91. The third kappa shape index (κ3) is 5.46. The molecule has 2 aromatic rings. The summed E-state index contributed by atoms with van der Waals surface area (Å²) >= 11 is 0. The first-order valence-corrected chi connectivity index (χ1v) is 12.0. The van der Waals surface area contributed by atoms with Crippen LogP contribution < -0.4 is 15.4 Å². The van der Waals surface area contributed by atoms with Crippen LogP contribution in [-0.2, 0) is 14.8 Å². The number of hydrogen-bond donors (Lipinski definition) is 2. The molecule has 2 N–H and O–H groups in total. The Morgan fingerprint density at radius 2 is 1.66 bits per heavy atom. The predicted octanol–water partition coefficient (Wildman–Crippen LogP) is 3.86. The molecule has 0 spiro atoms. The molecule has 8 nitrogen and oxygen atoms in total. The lowest BCUT2D eigenvalue weighted by Gasteiger charge is -2.30. The Balaban J connectivity index is 1.73. The summed E-state index contributed by atoms with van der Waals surface area (Å²) in [6.45, 7) is 1.38. The van der Waals surface area contributed by atoms with Crippen LogP contribution in [0.3, 0.4) is 0 Å². The monoisotopic (exact) mass is 459 g/mol. The number of sulfonamides is 1. The van der Waals surface area contributed by atoms with Crippen molar-refractivity contribution in [2.45, 2.75) is 50.0 Å². The lowest BCUT2D eigenvalue weighted by atomic mass is 9.96. The van der Waals surface area contributed by atoms with E-state index < -0.39 is 15.9 Å². The maximum atomic E-state index is 13.0. The molecule has 172 valence electrons. The molecule has 9 heteroatoms. The van der Waals surface area contributed by atoms with Crippen LogP contribution in [0.2, 0.25) is 0 Å². The van der Waals surface area contributed by atoms with E-state index in [1.54, 1.807) is 25.2 Å². The van der Waals surface area contributed by atoms with E-state index in [1.807, 2.05) is 0 Å². The molecule has 2 amide bonds. The number of nitrogens with zero attached hydrogens (tertiary/aromatic N) is 1. The highest BCUT2D eigenvalue weighted by Crippen LogP contribution is 2.29. The van der Waals surface area contributed by atoms with Gasteiger partial charge in [-0.05, 0) is 55.3 Å². The Morgan fingerprint density at radius 1 is 1.00 bits per heavy atom. The number of nitrogens with one attached hydrogen (secondary N) is 2. The molecule has 0 radical (unpaired) electrons. The molecule has 0 heterocycles. The van der Waals surface area contributed by atoms with Crippen molar-refractivity contribution in [1.82, 2.24) is 4.31 Å². The number of ether oxygens (including phenoxy) is 1. The van der Waals surface area contributed by atoms with Gasteiger partial charge in [0, 0.05) is 31.3 Å². The van der Waals surface area contributed by atoms with E-state index in [-0.39, 0.29) is 16.8 Å². The number of methoxy groups -OCH3 is 1. The van der Waals surface area contributed by atoms with Gasteiger partial charge in [-0.25, -0.2) is 8.42 Å². The zero-order chi connectivity index (χ0) is 23.3. The average Bonchev–Trinajstić information content (AvgIpc) is 2.79. The zero-order valence-electron chi connectivity index (χ0n) is 18.6. The van der Waals surface area contributed by atoms with Crippen molar-refractivity contribution in [1.29, 1.82) is 0 Å². The molecule has 0 saturated heterocycles. The summed E-state index contributed by atoms with van der Waals surface area (Å²) in [6, 6.07) is 10.8. The molecule has 1 aliphatic carbocycles. The second-order valence-electron chi connectivity index (χ2n) is 7.89. The smallest absolute Gasteiger partial charge is 0.255 e. The molecular formula is C23H29N3O5S. The predicted molar refractivity (Wildman–Crippen MR) is 124 cm³/mol. The van der Waals surface area contributed by atoms with Gasteiger partial charge in [0.2, 0.25) is 15.9 Å². The van der Waals surface area contributed by atoms with Gasteiger partial charge in [-0.2, -0.15) is 4.31 Å². The van der Waals surface area contributed by atoms with Crippen LogP contribution >= 0.6 is 0 Å². The molecule has 1 saturated carbocycles. The molecule has 1 fully saturated rings. The molecule has 0 aliphatic heterocycles. The first-order valence-electron chi connectivity index (χ1n) is 10.6. The summed E-state index contributed by atoms with van der Waals surface area (Å²) in [5.74, 6) is -0.190. The maximum Gasteiger partial charge on any atom is 0.255 e. The average molecular weight is 460 g/mol. The lowest BCUT2D eigenvalue weighted by molar-refractivity contribution is -0.114. The van der Waals surface area contributed by atoms with Gasteiger partial charge in [-0.3, -0.25) is 9.59 Å². The Morgan fingerprint density at radius 3 is 2.25 bits per heavy atom. The van der Waals surface area contributed by atoms with Crippen LogP contribution in [0.5, 0.6) is 5.75 Å². The molecule has 0 aromatic heterocycles. The molecule has 32 heavy (non-hydrogen) atoms. The van der Waals surface area contributed by atoms with Gasteiger partial charge in [-0.1, -0.05) is 19.3 Å². The number of amides is 2. The molecule has 3 rings (SSSR count). The van der Waals surface area contributed by atoms with Crippen molar-refractivity contribution in [2.75, 3.05) is 24.8 Å². The number of carbonyl (C=O) groups excluding carboxylic acids is 2. The maximum absolute atomic E-state index is 13.0. The van der Waals surface area contributed by atoms with E-state index >= 15 is 0 Å². The first-order chi connectivity index (χ1) is 15.2. The van der Waals surface area contributed by atoms with Crippen molar-refractivity contribution in [3.05, 3.63) is 48.0 Å². The number of anilines is 2. The largest absolute Gasteiger partial charge is 0.495 e. The summed E-state index contributed by atoms with van der Waals surface area (Å²) in [5, 5.41) is 5.40. The summed E-state index contributed by atoms with van der Waals surface area (Å²) in [5.41, 5.74) is 1.22. The molecular weight excluding hydrogens is 430 g/mol. The third-order valence-electron chi connectivity index (χ3n) is 5.65. The van der Waals surface area contributed by atoms with Crippen LogP contribution in [0, 0.1) is 0 Å². The van der Waals surface area contributed by atoms with Gasteiger partial charge in [0.25, 0.3) is 5.91 Å². The molecule has 1 aliphatic rings. The van der Waals surface area contributed by atoms with Crippen LogP contribution in [0.15, 0.2) is 47.4 Å². The topological polar surface area (TPSA) is 105 Å². The van der Waals surface area contributed by atoms with Gasteiger partial charge in [-0.15, -0.1) is 0 Å². The number of rotatable bonds is 7. The lowest BCUT2D eigenvalue weighted by Crippen LogP contribution is -2.38. The van der Waals surface area contributed by atoms with Crippen LogP contribution in [0.1, 0.15) is 49.4 Å². The van der Waals surface area contributed by atoms with Crippen molar-refractivity contribution in [3.8, 4) is 5.75 Å². The SMILES string of the molecule is COc1ccc(NC(=O)c2ccc(S(=O)(=O)N(C)C3CCCCC3)cc2)cc1NC(C)=O. The van der Waals surface area contributed by atoms with Gasteiger partial charge in [0.1, 0.15) is 5.75 Å². The summed E-state index contributed by atoms with van der Waals surface area (Å²) in [7, 11) is -0.504. The fourth-order valence-electron chi connectivity index (χ4n) is 3.86. The number of benzene rings is 2. The Kier molecular flexibility index (Phi) is 7.52. The van der Waals surface area contributed by atoms with Crippen LogP contribution in [0.25, 0.3) is 0 Å². The van der Waals surface area contributed by atoms with Crippen molar-refractivity contribution in [2.24, 2.45) is 0 Å². The van der Waals surface area contributed by atoms with Crippen molar-refractivity contribution in [3.63, 3.8) is 0 Å². The van der Waals surface area contributed by atoms with Crippen LogP contribution in [-0.4, -0.2) is 44.7 Å². The third-order valence-corrected chi connectivity index (χ3v) is 7.57. The normalized spacial score (nSPS) is 14.8. The minimum Gasteiger partial charge on any atom is -0.495 e. The summed E-state index contributed by atoms with van der Waals surface area (Å²) < 4.78 is 32.6. The van der Waals surface area contributed by atoms with Crippen molar-refractivity contribution >= 4 is 33.2 Å². The Bertz CT molecular complexity index is 1080. The van der Waals surface area contributed by atoms with E-state index in [1.165, 1.54) is 42.6 Å². The first kappa shape index (κ1) is 23.7. The number of hydrogen-bond acceptors (Lipinski definition) is 5. The van der Waals surface area contributed by atoms with Crippen LogP contribution in [0.4, 0.5) is 11.4 Å². The zero-order valence-corrected chi connectivity index (χ0v) is 19.4. The molecule has 2 aromatic carbocycles. The second kappa shape index (κ2) is 10.1. The molecule has 0 bridgehead atoms. The highest BCUT2D eigenvalue weighted by molar-refractivity contribution is 7.89. The fraction of sp³-hybridized carbons (Fsp3) is 0.391. The van der Waals surface area contributed by atoms with E-state index in [2.05, 4.69) is 10.6 Å².